The number of rotatable bonds is 4. The van der Waals surface area contributed by atoms with E-state index >= 15 is 0 Å². The smallest absolute Gasteiger partial charge is 0.313 e. The van der Waals surface area contributed by atoms with Crippen molar-refractivity contribution in [3.63, 3.8) is 0 Å². The summed E-state index contributed by atoms with van der Waals surface area (Å²) in [6, 6.07) is 6.31. The van der Waals surface area contributed by atoms with Gasteiger partial charge >= 0.3 is 11.8 Å². The van der Waals surface area contributed by atoms with Crippen molar-refractivity contribution in [2.24, 2.45) is 5.92 Å². The highest BCUT2D eigenvalue weighted by Crippen LogP contribution is 2.18. The maximum Gasteiger partial charge on any atom is 0.313 e. The van der Waals surface area contributed by atoms with E-state index in [2.05, 4.69) is 29.4 Å². The summed E-state index contributed by atoms with van der Waals surface area (Å²) in [5.41, 5.74) is 2.77. The predicted octanol–water partition coefficient (Wildman–Crippen LogP) is 2.48. The molecule has 2 amide bonds. The second-order valence-corrected chi connectivity index (χ2v) is 7.06. The first-order valence-electron chi connectivity index (χ1n) is 8.77. The van der Waals surface area contributed by atoms with Crippen LogP contribution in [0.25, 0.3) is 0 Å². The molecule has 5 heteroatoms. The van der Waals surface area contributed by atoms with Gasteiger partial charge in [0.15, 0.2) is 0 Å². The number of carbonyl (C=O) groups is 2. The summed E-state index contributed by atoms with van der Waals surface area (Å²) in [5, 5.41) is 5.47. The first kappa shape index (κ1) is 18.5. The number of hydrogen-bond acceptors (Lipinski definition) is 3. The molecule has 1 aromatic rings. The Hall–Kier alpha value is -1.88. The molecular weight excluding hydrogens is 302 g/mol. The second kappa shape index (κ2) is 8.29. The molecule has 0 spiro atoms. The molecule has 1 saturated heterocycles. The zero-order chi connectivity index (χ0) is 17.7. The lowest BCUT2D eigenvalue weighted by Gasteiger charge is -2.34. The first-order chi connectivity index (χ1) is 11.4. The normalized spacial score (nSPS) is 16.2. The van der Waals surface area contributed by atoms with E-state index in [-0.39, 0.29) is 0 Å². The fourth-order valence-corrected chi connectivity index (χ4v) is 3.12. The first-order valence-corrected chi connectivity index (χ1v) is 8.77. The van der Waals surface area contributed by atoms with E-state index in [1.807, 2.05) is 32.0 Å². The van der Waals surface area contributed by atoms with Crippen LogP contribution in [0.1, 0.15) is 37.8 Å². The van der Waals surface area contributed by atoms with Gasteiger partial charge in [-0.1, -0.05) is 17.7 Å². The highest BCUT2D eigenvalue weighted by Gasteiger charge is 2.22. The Morgan fingerprint density at radius 1 is 1.17 bits per heavy atom. The van der Waals surface area contributed by atoms with E-state index < -0.39 is 11.8 Å². The quantitative estimate of drug-likeness (QED) is 0.833. The monoisotopic (exact) mass is 331 g/mol. The number of piperidine rings is 1. The lowest BCUT2D eigenvalue weighted by atomic mass is 9.96. The number of amides is 2. The number of anilines is 1. The van der Waals surface area contributed by atoms with Crippen LogP contribution in [-0.2, 0) is 9.59 Å². The molecule has 1 aliphatic rings. The van der Waals surface area contributed by atoms with Gasteiger partial charge in [0.25, 0.3) is 0 Å². The standard InChI is InChI=1S/C19H29N3O2/c1-13(2)22-9-7-16(8-10-22)12-20-18(23)19(24)21-17-6-5-14(3)11-15(17)4/h5-6,11,13,16H,7-10,12H2,1-4H3,(H,20,23)(H,21,24). The van der Waals surface area contributed by atoms with Crippen LogP contribution >= 0.6 is 0 Å². The Morgan fingerprint density at radius 2 is 1.83 bits per heavy atom. The minimum atomic E-state index is -0.596. The van der Waals surface area contributed by atoms with Gasteiger partial charge in [0.05, 0.1) is 0 Å². The Bertz CT molecular complexity index is 590. The fourth-order valence-electron chi connectivity index (χ4n) is 3.12. The molecule has 1 aliphatic heterocycles. The summed E-state index contributed by atoms with van der Waals surface area (Å²) in [6.45, 7) is 11.0. The molecule has 132 valence electrons. The minimum Gasteiger partial charge on any atom is -0.348 e. The van der Waals surface area contributed by atoms with E-state index in [4.69, 9.17) is 0 Å². The summed E-state index contributed by atoms with van der Waals surface area (Å²) in [7, 11) is 0. The number of nitrogens with one attached hydrogen (secondary N) is 2. The molecule has 0 bridgehead atoms. The van der Waals surface area contributed by atoms with Crippen molar-refractivity contribution in [2.75, 3.05) is 25.0 Å². The average Bonchev–Trinajstić information content (AvgIpc) is 2.55. The lowest BCUT2D eigenvalue weighted by Crippen LogP contribution is -2.43. The van der Waals surface area contributed by atoms with Gasteiger partial charge in [-0.2, -0.15) is 0 Å². The van der Waals surface area contributed by atoms with Crippen molar-refractivity contribution in [3.8, 4) is 0 Å². The molecule has 0 aromatic heterocycles. The summed E-state index contributed by atoms with van der Waals surface area (Å²) in [6.07, 6.45) is 2.13. The summed E-state index contributed by atoms with van der Waals surface area (Å²) >= 11 is 0. The fraction of sp³-hybridized carbons (Fsp3) is 0.579. The Labute approximate surface area is 144 Å². The van der Waals surface area contributed by atoms with Gasteiger partial charge in [0, 0.05) is 18.3 Å². The van der Waals surface area contributed by atoms with Crippen molar-refractivity contribution in [2.45, 2.75) is 46.6 Å². The van der Waals surface area contributed by atoms with Crippen LogP contribution in [0.15, 0.2) is 18.2 Å². The Kier molecular flexibility index (Phi) is 6.37. The molecule has 0 unspecified atom stereocenters. The number of hydrogen-bond donors (Lipinski definition) is 2. The molecular formula is C19H29N3O2. The van der Waals surface area contributed by atoms with Gasteiger partial charge in [0.1, 0.15) is 0 Å². The number of nitrogens with zero attached hydrogens (tertiary/aromatic N) is 1. The van der Waals surface area contributed by atoms with Crippen LogP contribution in [0, 0.1) is 19.8 Å². The van der Waals surface area contributed by atoms with Crippen LogP contribution in [0.5, 0.6) is 0 Å². The van der Waals surface area contributed by atoms with Crippen LogP contribution in [0.2, 0.25) is 0 Å². The Morgan fingerprint density at radius 3 is 2.42 bits per heavy atom. The molecule has 0 atom stereocenters. The third-order valence-electron chi connectivity index (χ3n) is 4.77. The van der Waals surface area contributed by atoms with Gasteiger partial charge in [-0.05, 0) is 71.2 Å². The van der Waals surface area contributed by atoms with Crippen molar-refractivity contribution in [3.05, 3.63) is 29.3 Å². The van der Waals surface area contributed by atoms with Crippen molar-refractivity contribution in [1.29, 1.82) is 0 Å². The molecule has 1 heterocycles. The topological polar surface area (TPSA) is 61.4 Å². The van der Waals surface area contributed by atoms with E-state index in [0.717, 1.165) is 37.1 Å². The average molecular weight is 331 g/mol. The Balaban J connectivity index is 1.77. The second-order valence-electron chi connectivity index (χ2n) is 7.06. The maximum absolute atomic E-state index is 12.0. The van der Waals surface area contributed by atoms with Crippen LogP contribution < -0.4 is 10.6 Å². The molecule has 0 radical (unpaired) electrons. The van der Waals surface area contributed by atoms with Gasteiger partial charge in [-0.25, -0.2) is 0 Å². The summed E-state index contributed by atoms with van der Waals surface area (Å²) in [4.78, 5) is 26.5. The lowest BCUT2D eigenvalue weighted by molar-refractivity contribution is -0.136. The highest BCUT2D eigenvalue weighted by atomic mass is 16.2. The van der Waals surface area contributed by atoms with E-state index in [1.165, 1.54) is 0 Å². The third-order valence-corrected chi connectivity index (χ3v) is 4.77. The van der Waals surface area contributed by atoms with Gasteiger partial charge in [-0.3, -0.25) is 9.59 Å². The van der Waals surface area contributed by atoms with E-state index in [9.17, 15) is 9.59 Å². The molecule has 0 saturated carbocycles. The SMILES string of the molecule is Cc1ccc(NC(=O)C(=O)NCC2CCN(C(C)C)CC2)c(C)c1. The maximum atomic E-state index is 12.0. The van der Waals surface area contributed by atoms with E-state index in [0.29, 0.717) is 24.2 Å². The molecule has 2 rings (SSSR count). The van der Waals surface area contributed by atoms with Gasteiger partial charge < -0.3 is 15.5 Å². The molecule has 2 N–H and O–H groups in total. The van der Waals surface area contributed by atoms with Crippen molar-refractivity contribution >= 4 is 17.5 Å². The minimum absolute atomic E-state index is 0.456. The number of aryl methyl sites for hydroxylation is 2. The zero-order valence-electron chi connectivity index (χ0n) is 15.2. The molecule has 0 aliphatic carbocycles. The zero-order valence-corrected chi connectivity index (χ0v) is 15.2. The van der Waals surface area contributed by atoms with Gasteiger partial charge in [0.2, 0.25) is 0 Å². The summed E-state index contributed by atoms with van der Waals surface area (Å²) in [5.74, 6) is -0.694. The molecule has 1 aromatic carbocycles. The molecule has 5 nitrogen and oxygen atoms in total. The number of likely N-dealkylation sites (tertiary alicyclic amines) is 1. The molecule has 1 fully saturated rings. The van der Waals surface area contributed by atoms with Crippen molar-refractivity contribution < 1.29 is 9.59 Å². The van der Waals surface area contributed by atoms with Crippen LogP contribution in [-0.4, -0.2) is 42.4 Å². The molecule has 24 heavy (non-hydrogen) atoms. The van der Waals surface area contributed by atoms with Crippen LogP contribution in [0.3, 0.4) is 0 Å². The summed E-state index contributed by atoms with van der Waals surface area (Å²) < 4.78 is 0. The highest BCUT2D eigenvalue weighted by molar-refractivity contribution is 6.39. The van der Waals surface area contributed by atoms with Gasteiger partial charge in [-0.15, -0.1) is 0 Å². The third kappa shape index (κ3) is 5.06. The van der Waals surface area contributed by atoms with E-state index in [1.54, 1.807) is 0 Å². The van der Waals surface area contributed by atoms with Crippen LogP contribution in [0.4, 0.5) is 5.69 Å². The predicted molar refractivity (Wildman–Crippen MR) is 97.0 cm³/mol. The largest absolute Gasteiger partial charge is 0.348 e. The van der Waals surface area contributed by atoms with Crippen molar-refractivity contribution in [1.82, 2.24) is 10.2 Å². The number of benzene rings is 1. The number of carbonyl (C=O) groups excluding carboxylic acids is 2.